The molecule has 0 bridgehead atoms. The Kier molecular flexibility index (Phi) is 5.05. The van der Waals surface area contributed by atoms with Crippen LogP contribution in [-0.4, -0.2) is 43.5 Å². The van der Waals surface area contributed by atoms with Gasteiger partial charge in [0, 0.05) is 19.0 Å². The summed E-state index contributed by atoms with van der Waals surface area (Å²) in [5.74, 6) is 0.461. The molecule has 1 heterocycles. The SMILES string of the molecule is CCN1CCC(CNCC(C)C(N)=O)C1. The minimum absolute atomic E-state index is 0.0614. The molecule has 1 saturated heterocycles. The van der Waals surface area contributed by atoms with E-state index >= 15 is 0 Å². The average molecular weight is 213 g/mol. The summed E-state index contributed by atoms with van der Waals surface area (Å²) in [5.41, 5.74) is 5.19. The van der Waals surface area contributed by atoms with E-state index in [1.165, 1.54) is 19.5 Å². The lowest BCUT2D eigenvalue weighted by Gasteiger charge is -2.14. The van der Waals surface area contributed by atoms with Crippen molar-refractivity contribution >= 4 is 5.91 Å². The van der Waals surface area contributed by atoms with Crippen molar-refractivity contribution in [2.24, 2.45) is 17.6 Å². The lowest BCUT2D eigenvalue weighted by atomic mass is 10.1. The van der Waals surface area contributed by atoms with Crippen LogP contribution in [-0.2, 0) is 4.79 Å². The zero-order valence-corrected chi connectivity index (χ0v) is 9.83. The highest BCUT2D eigenvalue weighted by Crippen LogP contribution is 2.14. The molecular weight excluding hydrogens is 190 g/mol. The zero-order chi connectivity index (χ0) is 11.3. The Bertz CT molecular complexity index is 208. The van der Waals surface area contributed by atoms with E-state index in [1.54, 1.807) is 0 Å². The van der Waals surface area contributed by atoms with E-state index in [9.17, 15) is 4.79 Å². The number of hydrogen-bond donors (Lipinski definition) is 2. The summed E-state index contributed by atoms with van der Waals surface area (Å²) in [7, 11) is 0. The first-order valence-electron chi connectivity index (χ1n) is 5.85. The first kappa shape index (κ1) is 12.5. The fourth-order valence-electron chi connectivity index (χ4n) is 1.97. The molecule has 0 aliphatic carbocycles. The molecule has 1 fully saturated rings. The Hall–Kier alpha value is -0.610. The van der Waals surface area contributed by atoms with Crippen LogP contribution in [0.3, 0.4) is 0 Å². The lowest BCUT2D eigenvalue weighted by Crippen LogP contribution is -2.34. The molecule has 0 radical (unpaired) electrons. The predicted octanol–water partition coefficient (Wildman–Crippen LogP) is 0.0392. The molecule has 0 saturated carbocycles. The molecule has 4 heteroatoms. The average Bonchev–Trinajstić information content (AvgIpc) is 2.65. The zero-order valence-electron chi connectivity index (χ0n) is 9.83. The van der Waals surface area contributed by atoms with Crippen molar-refractivity contribution in [1.82, 2.24) is 10.2 Å². The lowest BCUT2D eigenvalue weighted by molar-refractivity contribution is -0.121. The van der Waals surface area contributed by atoms with Crippen molar-refractivity contribution in [3.63, 3.8) is 0 Å². The van der Waals surface area contributed by atoms with Gasteiger partial charge in [0.1, 0.15) is 0 Å². The molecule has 1 aliphatic rings. The monoisotopic (exact) mass is 213 g/mol. The van der Waals surface area contributed by atoms with Crippen LogP contribution in [0.2, 0.25) is 0 Å². The van der Waals surface area contributed by atoms with Crippen LogP contribution in [0.4, 0.5) is 0 Å². The highest BCUT2D eigenvalue weighted by atomic mass is 16.1. The van der Waals surface area contributed by atoms with Crippen molar-refractivity contribution in [2.75, 3.05) is 32.7 Å². The summed E-state index contributed by atoms with van der Waals surface area (Å²) in [6.45, 7) is 9.33. The van der Waals surface area contributed by atoms with Crippen molar-refractivity contribution in [3.05, 3.63) is 0 Å². The van der Waals surface area contributed by atoms with Crippen LogP contribution in [0.5, 0.6) is 0 Å². The Morgan fingerprint density at radius 2 is 2.40 bits per heavy atom. The van der Waals surface area contributed by atoms with E-state index in [2.05, 4.69) is 17.1 Å². The van der Waals surface area contributed by atoms with Crippen LogP contribution in [0.15, 0.2) is 0 Å². The van der Waals surface area contributed by atoms with Crippen molar-refractivity contribution in [3.8, 4) is 0 Å². The maximum Gasteiger partial charge on any atom is 0.221 e. The number of carbonyl (C=O) groups is 1. The molecule has 2 atom stereocenters. The number of primary amides is 1. The minimum atomic E-state index is -0.218. The van der Waals surface area contributed by atoms with Crippen molar-refractivity contribution < 1.29 is 4.79 Å². The molecule has 1 aliphatic heterocycles. The summed E-state index contributed by atoms with van der Waals surface area (Å²) in [6, 6.07) is 0. The van der Waals surface area contributed by atoms with Gasteiger partial charge >= 0.3 is 0 Å². The quantitative estimate of drug-likeness (QED) is 0.655. The number of nitrogens with two attached hydrogens (primary N) is 1. The van der Waals surface area contributed by atoms with Gasteiger partial charge in [-0.15, -0.1) is 0 Å². The molecule has 4 nitrogen and oxygen atoms in total. The number of carbonyl (C=O) groups excluding carboxylic acids is 1. The molecular formula is C11H23N3O. The predicted molar refractivity (Wildman–Crippen MR) is 61.4 cm³/mol. The van der Waals surface area contributed by atoms with E-state index in [0.29, 0.717) is 6.54 Å². The summed E-state index contributed by atoms with van der Waals surface area (Å²) in [4.78, 5) is 13.3. The molecule has 0 spiro atoms. The minimum Gasteiger partial charge on any atom is -0.369 e. The number of nitrogens with zero attached hydrogens (tertiary/aromatic N) is 1. The topological polar surface area (TPSA) is 58.4 Å². The second kappa shape index (κ2) is 6.08. The van der Waals surface area contributed by atoms with Crippen molar-refractivity contribution in [2.45, 2.75) is 20.3 Å². The largest absolute Gasteiger partial charge is 0.369 e. The van der Waals surface area contributed by atoms with Gasteiger partial charge in [-0.05, 0) is 32.0 Å². The molecule has 3 N–H and O–H groups in total. The molecule has 0 aromatic carbocycles. The van der Waals surface area contributed by atoms with Gasteiger partial charge in [0.15, 0.2) is 0 Å². The number of hydrogen-bond acceptors (Lipinski definition) is 3. The van der Waals surface area contributed by atoms with E-state index in [4.69, 9.17) is 5.73 Å². The third kappa shape index (κ3) is 4.18. The van der Waals surface area contributed by atoms with E-state index in [1.807, 2.05) is 6.92 Å². The Labute approximate surface area is 92.2 Å². The Morgan fingerprint density at radius 3 is 2.93 bits per heavy atom. The van der Waals surface area contributed by atoms with Gasteiger partial charge in [0.2, 0.25) is 5.91 Å². The normalized spacial score (nSPS) is 24.3. The van der Waals surface area contributed by atoms with Gasteiger partial charge < -0.3 is 16.0 Å². The number of rotatable bonds is 6. The van der Waals surface area contributed by atoms with E-state index in [0.717, 1.165) is 19.0 Å². The fraction of sp³-hybridized carbons (Fsp3) is 0.909. The summed E-state index contributed by atoms with van der Waals surface area (Å²) < 4.78 is 0. The molecule has 88 valence electrons. The summed E-state index contributed by atoms with van der Waals surface area (Å²) >= 11 is 0. The van der Waals surface area contributed by atoms with E-state index in [-0.39, 0.29) is 11.8 Å². The highest BCUT2D eigenvalue weighted by Gasteiger charge is 2.20. The van der Waals surface area contributed by atoms with Crippen LogP contribution in [0.25, 0.3) is 0 Å². The molecule has 15 heavy (non-hydrogen) atoms. The summed E-state index contributed by atoms with van der Waals surface area (Å²) in [6.07, 6.45) is 1.27. The third-order valence-electron chi connectivity index (χ3n) is 3.19. The fourth-order valence-corrected chi connectivity index (χ4v) is 1.97. The second-order valence-corrected chi connectivity index (χ2v) is 4.51. The standard InChI is InChI=1S/C11H23N3O/c1-3-14-5-4-10(8-14)7-13-6-9(2)11(12)15/h9-10,13H,3-8H2,1-2H3,(H2,12,15). The van der Waals surface area contributed by atoms with Gasteiger partial charge in [0.25, 0.3) is 0 Å². The highest BCUT2D eigenvalue weighted by molar-refractivity contribution is 5.76. The maximum atomic E-state index is 10.8. The first-order valence-corrected chi connectivity index (χ1v) is 5.85. The van der Waals surface area contributed by atoms with E-state index < -0.39 is 0 Å². The van der Waals surface area contributed by atoms with Crippen LogP contribution >= 0.6 is 0 Å². The first-order chi connectivity index (χ1) is 7.13. The number of nitrogens with one attached hydrogen (secondary N) is 1. The Morgan fingerprint density at radius 1 is 1.67 bits per heavy atom. The van der Waals surface area contributed by atoms with Crippen molar-refractivity contribution in [1.29, 1.82) is 0 Å². The molecule has 0 aromatic heterocycles. The van der Waals surface area contributed by atoms with Crippen LogP contribution in [0.1, 0.15) is 20.3 Å². The number of likely N-dealkylation sites (tertiary alicyclic amines) is 1. The van der Waals surface area contributed by atoms with Crippen LogP contribution in [0, 0.1) is 11.8 Å². The third-order valence-corrected chi connectivity index (χ3v) is 3.19. The smallest absolute Gasteiger partial charge is 0.221 e. The van der Waals surface area contributed by atoms with Gasteiger partial charge in [-0.1, -0.05) is 13.8 Å². The molecule has 0 aromatic rings. The van der Waals surface area contributed by atoms with Crippen LogP contribution < -0.4 is 11.1 Å². The maximum absolute atomic E-state index is 10.8. The van der Waals surface area contributed by atoms with Gasteiger partial charge in [-0.25, -0.2) is 0 Å². The molecule has 2 unspecified atom stereocenters. The van der Waals surface area contributed by atoms with Gasteiger partial charge in [-0.3, -0.25) is 4.79 Å². The molecule has 1 amide bonds. The number of amides is 1. The Balaban J connectivity index is 2.08. The van der Waals surface area contributed by atoms with Gasteiger partial charge in [0.05, 0.1) is 0 Å². The van der Waals surface area contributed by atoms with Gasteiger partial charge in [-0.2, -0.15) is 0 Å². The summed E-state index contributed by atoms with van der Waals surface area (Å²) in [5, 5.41) is 3.33. The second-order valence-electron chi connectivity index (χ2n) is 4.51. The molecule has 1 rings (SSSR count).